The Labute approximate surface area is 101 Å². The number of nitrogens with zero attached hydrogens (tertiary/aromatic N) is 1. The minimum Gasteiger partial charge on any atom is -0.393 e. The lowest BCUT2D eigenvalue weighted by molar-refractivity contribution is -0.203. The summed E-state index contributed by atoms with van der Waals surface area (Å²) >= 11 is 0. The number of unbranched alkanes of at least 4 members (excludes halogenated alkanes) is 1. The van der Waals surface area contributed by atoms with E-state index in [-0.39, 0.29) is 19.3 Å². The lowest BCUT2D eigenvalue weighted by atomic mass is 9.81. The number of aliphatic hydroxyl groups is 1. The highest BCUT2D eigenvalue weighted by Gasteiger charge is 2.48. The second-order valence-electron chi connectivity index (χ2n) is 5.02. The van der Waals surface area contributed by atoms with E-state index in [0.29, 0.717) is 6.54 Å². The molecule has 0 aliphatic heterocycles. The van der Waals surface area contributed by atoms with Crippen molar-refractivity contribution < 1.29 is 18.3 Å². The summed E-state index contributed by atoms with van der Waals surface area (Å²) in [4.78, 5) is 1.77. The molecule has 1 fully saturated rings. The van der Waals surface area contributed by atoms with Gasteiger partial charge in [0.2, 0.25) is 0 Å². The van der Waals surface area contributed by atoms with Gasteiger partial charge in [-0.15, -0.1) is 0 Å². The van der Waals surface area contributed by atoms with E-state index in [1.807, 2.05) is 6.92 Å². The minimum absolute atomic E-state index is 0.0474. The Morgan fingerprint density at radius 3 is 2.47 bits per heavy atom. The molecule has 1 aliphatic carbocycles. The SMILES string of the molecule is CCCCN(C)C1CC(O)CCC1C(F)(F)F. The molecule has 1 saturated carbocycles. The third-order valence-electron chi connectivity index (χ3n) is 3.64. The van der Waals surface area contributed by atoms with Crippen molar-refractivity contribution in [2.45, 2.75) is 57.3 Å². The summed E-state index contributed by atoms with van der Waals surface area (Å²) in [5.74, 6) is -1.28. The Hall–Kier alpha value is -0.290. The average molecular weight is 253 g/mol. The van der Waals surface area contributed by atoms with Gasteiger partial charge in [-0.25, -0.2) is 0 Å². The van der Waals surface area contributed by atoms with Gasteiger partial charge in [0.05, 0.1) is 12.0 Å². The van der Waals surface area contributed by atoms with Crippen LogP contribution in [0.15, 0.2) is 0 Å². The maximum atomic E-state index is 12.9. The molecule has 0 aromatic heterocycles. The van der Waals surface area contributed by atoms with Gasteiger partial charge in [-0.05, 0) is 39.3 Å². The summed E-state index contributed by atoms with van der Waals surface area (Å²) < 4.78 is 38.7. The topological polar surface area (TPSA) is 23.5 Å². The lowest BCUT2D eigenvalue weighted by Crippen LogP contribution is -2.49. The van der Waals surface area contributed by atoms with E-state index in [4.69, 9.17) is 0 Å². The normalized spacial score (nSPS) is 30.9. The molecule has 0 bridgehead atoms. The number of halogens is 3. The predicted molar refractivity (Wildman–Crippen MR) is 60.7 cm³/mol. The van der Waals surface area contributed by atoms with Crippen molar-refractivity contribution in [2.75, 3.05) is 13.6 Å². The zero-order valence-corrected chi connectivity index (χ0v) is 10.5. The minimum atomic E-state index is -4.15. The van der Waals surface area contributed by atoms with Crippen LogP contribution in [0.1, 0.15) is 39.0 Å². The van der Waals surface area contributed by atoms with E-state index in [0.717, 1.165) is 12.8 Å². The summed E-state index contributed by atoms with van der Waals surface area (Å²) in [6, 6.07) is -0.565. The largest absolute Gasteiger partial charge is 0.393 e. The molecule has 3 unspecified atom stereocenters. The fourth-order valence-electron chi connectivity index (χ4n) is 2.57. The highest BCUT2D eigenvalue weighted by atomic mass is 19.4. The number of alkyl halides is 3. The van der Waals surface area contributed by atoms with Crippen LogP contribution in [0, 0.1) is 5.92 Å². The Morgan fingerprint density at radius 2 is 1.94 bits per heavy atom. The van der Waals surface area contributed by atoms with E-state index in [9.17, 15) is 18.3 Å². The first-order valence-electron chi connectivity index (χ1n) is 6.31. The molecule has 0 spiro atoms. The van der Waals surface area contributed by atoms with Crippen LogP contribution in [0.5, 0.6) is 0 Å². The summed E-state index contributed by atoms with van der Waals surface area (Å²) in [7, 11) is 1.73. The molecule has 0 saturated heterocycles. The monoisotopic (exact) mass is 253 g/mol. The summed E-state index contributed by atoms with van der Waals surface area (Å²) in [6.45, 7) is 2.69. The number of hydrogen-bond donors (Lipinski definition) is 1. The molecule has 3 atom stereocenters. The van der Waals surface area contributed by atoms with Crippen LogP contribution >= 0.6 is 0 Å². The van der Waals surface area contributed by atoms with E-state index in [1.165, 1.54) is 0 Å². The molecule has 0 amide bonds. The maximum absolute atomic E-state index is 12.9. The quantitative estimate of drug-likeness (QED) is 0.832. The molecule has 1 rings (SSSR count). The molecule has 1 N–H and O–H groups in total. The van der Waals surface area contributed by atoms with Crippen LogP contribution in [0.4, 0.5) is 13.2 Å². The van der Waals surface area contributed by atoms with Crippen molar-refractivity contribution in [1.82, 2.24) is 4.90 Å². The Balaban J connectivity index is 2.67. The van der Waals surface area contributed by atoms with Gasteiger partial charge in [-0.3, -0.25) is 0 Å². The zero-order chi connectivity index (χ0) is 13.1. The van der Waals surface area contributed by atoms with Crippen LogP contribution in [-0.2, 0) is 0 Å². The van der Waals surface area contributed by atoms with Gasteiger partial charge in [0.15, 0.2) is 0 Å². The van der Waals surface area contributed by atoms with Crippen molar-refractivity contribution in [3.05, 3.63) is 0 Å². The van der Waals surface area contributed by atoms with Gasteiger partial charge >= 0.3 is 6.18 Å². The summed E-state index contributed by atoms with van der Waals surface area (Å²) in [5.41, 5.74) is 0. The van der Waals surface area contributed by atoms with Crippen LogP contribution in [0.3, 0.4) is 0 Å². The fraction of sp³-hybridized carbons (Fsp3) is 1.00. The number of aliphatic hydroxyl groups excluding tert-OH is 1. The lowest BCUT2D eigenvalue weighted by Gasteiger charge is -2.40. The van der Waals surface area contributed by atoms with E-state index >= 15 is 0 Å². The number of hydrogen-bond acceptors (Lipinski definition) is 2. The smallest absolute Gasteiger partial charge is 0.393 e. The third kappa shape index (κ3) is 4.14. The highest BCUT2D eigenvalue weighted by Crippen LogP contribution is 2.39. The second kappa shape index (κ2) is 6.05. The third-order valence-corrected chi connectivity index (χ3v) is 3.64. The van der Waals surface area contributed by atoms with E-state index in [1.54, 1.807) is 11.9 Å². The van der Waals surface area contributed by atoms with Crippen LogP contribution < -0.4 is 0 Å². The molecule has 0 heterocycles. The summed E-state index contributed by atoms with van der Waals surface area (Å²) in [6.07, 6.45) is -2.31. The number of rotatable bonds is 4. The standard InChI is InChI=1S/C12H22F3NO/c1-3-4-7-16(2)11-8-9(17)5-6-10(11)12(13,14)15/h9-11,17H,3-8H2,1-2H3. The van der Waals surface area contributed by atoms with Crippen LogP contribution in [0.2, 0.25) is 0 Å². The molecular formula is C12H22F3NO. The Kier molecular flexibility index (Phi) is 5.25. The van der Waals surface area contributed by atoms with Crippen molar-refractivity contribution in [3.8, 4) is 0 Å². The first-order valence-corrected chi connectivity index (χ1v) is 6.31. The molecule has 0 aromatic rings. The van der Waals surface area contributed by atoms with Gasteiger partial charge in [0.1, 0.15) is 0 Å². The van der Waals surface area contributed by atoms with E-state index < -0.39 is 24.2 Å². The van der Waals surface area contributed by atoms with Gasteiger partial charge in [0.25, 0.3) is 0 Å². The second-order valence-corrected chi connectivity index (χ2v) is 5.02. The highest BCUT2D eigenvalue weighted by molar-refractivity contribution is 4.89. The van der Waals surface area contributed by atoms with Crippen molar-refractivity contribution in [3.63, 3.8) is 0 Å². The van der Waals surface area contributed by atoms with E-state index in [2.05, 4.69) is 0 Å². The fourth-order valence-corrected chi connectivity index (χ4v) is 2.57. The van der Waals surface area contributed by atoms with Gasteiger partial charge in [0, 0.05) is 6.04 Å². The molecule has 1 aliphatic rings. The molecular weight excluding hydrogens is 231 g/mol. The Bertz CT molecular complexity index is 232. The average Bonchev–Trinajstić information content (AvgIpc) is 2.24. The predicted octanol–water partition coefficient (Wildman–Crippen LogP) is 2.81. The molecule has 2 nitrogen and oxygen atoms in total. The first kappa shape index (κ1) is 14.8. The van der Waals surface area contributed by atoms with Crippen molar-refractivity contribution >= 4 is 0 Å². The molecule has 0 aromatic carbocycles. The first-order chi connectivity index (χ1) is 7.86. The van der Waals surface area contributed by atoms with Crippen LogP contribution in [-0.4, -0.2) is 41.9 Å². The molecule has 17 heavy (non-hydrogen) atoms. The van der Waals surface area contributed by atoms with Crippen molar-refractivity contribution in [1.29, 1.82) is 0 Å². The zero-order valence-electron chi connectivity index (χ0n) is 10.5. The van der Waals surface area contributed by atoms with Crippen molar-refractivity contribution in [2.24, 2.45) is 5.92 Å². The van der Waals surface area contributed by atoms with Gasteiger partial charge in [-0.1, -0.05) is 13.3 Å². The van der Waals surface area contributed by atoms with Gasteiger partial charge < -0.3 is 10.0 Å². The maximum Gasteiger partial charge on any atom is 0.393 e. The summed E-state index contributed by atoms with van der Waals surface area (Å²) in [5, 5.41) is 9.54. The molecule has 5 heteroatoms. The molecule has 102 valence electrons. The van der Waals surface area contributed by atoms with Gasteiger partial charge in [-0.2, -0.15) is 13.2 Å². The van der Waals surface area contributed by atoms with Crippen LogP contribution in [0.25, 0.3) is 0 Å². The molecule has 0 radical (unpaired) electrons. The Morgan fingerprint density at radius 1 is 1.29 bits per heavy atom.